The summed E-state index contributed by atoms with van der Waals surface area (Å²) in [6, 6.07) is 6.03. The molecule has 0 N–H and O–H groups in total. The van der Waals surface area contributed by atoms with E-state index >= 15 is 0 Å². The Labute approximate surface area is 80.1 Å². The van der Waals surface area contributed by atoms with Crippen molar-refractivity contribution in [1.82, 2.24) is 4.90 Å². The molecule has 0 radical (unpaired) electrons. The Kier molecular flexibility index (Phi) is 2.23. The molecular weight excluding hydrogens is 191 g/mol. The summed E-state index contributed by atoms with van der Waals surface area (Å²) in [5.74, 6) is -2.87. The van der Waals surface area contributed by atoms with E-state index in [-0.39, 0.29) is 18.9 Å². The molecule has 1 saturated heterocycles. The Morgan fingerprint density at radius 1 is 1.29 bits per heavy atom. The van der Waals surface area contributed by atoms with Crippen molar-refractivity contribution in [3.8, 4) is 0 Å². The molecule has 1 aliphatic heterocycles. The van der Waals surface area contributed by atoms with Crippen molar-refractivity contribution in [2.75, 3.05) is 13.1 Å². The molecular formula is C10H10F3N. The zero-order valence-electron chi connectivity index (χ0n) is 7.51. The first-order chi connectivity index (χ1) is 6.55. The van der Waals surface area contributed by atoms with Crippen LogP contribution in [0.15, 0.2) is 24.3 Å². The highest BCUT2D eigenvalue weighted by atomic mass is 19.3. The van der Waals surface area contributed by atoms with Gasteiger partial charge in [-0.3, -0.25) is 4.90 Å². The lowest BCUT2D eigenvalue weighted by molar-refractivity contribution is -0.133. The van der Waals surface area contributed by atoms with Gasteiger partial charge < -0.3 is 0 Å². The van der Waals surface area contributed by atoms with Gasteiger partial charge in [-0.2, -0.15) is 0 Å². The Balaban J connectivity index is 1.93. The van der Waals surface area contributed by atoms with Crippen molar-refractivity contribution in [1.29, 1.82) is 0 Å². The minimum atomic E-state index is -2.55. The summed E-state index contributed by atoms with van der Waals surface area (Å²) in [5.41, 5.74) is 0.737. The van der Waals surface area contributed by atoms with Crippen LogP contribution in [0, 0.1) is 5.82 Å². The fourth-order valence-corrected chi connectivity index (χ4v) is 1.61. The number of nitrogens with zero attached hydrogens (tertiary/aromatic N) is 1. The highest BCUT2D eigenvalue weighted by Crippen LogP contribution is 2.27. The second-order valence-corrected chi connectivity index (χ2v) is 3.63. The molecule has 0 spiro atoms. The second-order valence-electron chi connectivity index (χ2n) is 3.63. The summed E-state index contributed by atoms with van der Waals surface area (Å²) >= 11 is 0. The maximum absolute atomic E-state index is 12.7. The lowest BCUT2D eigenvalue weighted by Crippen LogP contribution is -2.55. The highest BCUT2D eigenvalue weighted by Gasteiger charge is 2.43. The van der Waals surface area contributed by atoms with Crippen molar-refractivity contribution in [3.63, 3.8) is 0 Å². The van der Waals surface area contributed by atoms with Crippen molar-refractivity contribution in [2.24, 2.45) is 0 Å². The molecule has 0 amide bonds. The summed E-state index contributed by atoms with van der Waals surface area (Å²) in [7, 11) is 0. The zero-order chi connectivity index (χ0) is 10.2. The topological polar surface area (TPSA) is 3.24 Å². The third kappa shape index (κ3) is 2.07. The fraction of sp³-hybridized carbons (Fsp3) is 0.400. The average Bonchev–Trinajstić information content (AvgIpc) is 2.00. The van der Waals surface area contributed by atoms with Gasteiger partial charge in [-0.15, -0.1) is 0 Å². The van der Waals surface area contributed by atoms with Gasteiger partial charge in [-0.05, 0) is 17.7 Å². The van der Waals surface area contributed by atoms with E-state index in [4.69, 9.17) is 0 Å². The third-order valence-corrected chi connectivity index (χ3v) is 2.21. The van der Waals surface area contributed by atoms with Crippen LogP contribution in [0.2, 0.25) is 0 Å². The van der Waals surface area contributed by atoms with Gasteiger partial charge in [-0.1, -0.05) is 12.1 Å². The number of benzene rings is 1. The zero-order valence-corrected chi connectivity index (χ0v) is 7.51. The lowest BCUT2D eigenvalue weighted by Gasteiger charge is -2.38. The quantitative estimate of drug-likeness (QED) is 0.709. The van der Waals surface area contributed by atoms with Gasteiger partial charge in [-0.25, -0.2) is 13.2 Å². The van der Waals surface area contributed by atoms with Crippen molar-refractivity contribution >= 4 is 0 Å². The maximum Gasteiger partial charge on any atom is 0.272 e. The van der Waals surface area contributed by atoms with Crippen LogP contribution >= 0.6 is 0 Å². The normalized spacial score (nSPS) is 20.5. The Hall–Kier alpha value is -1.03. The number of rotatable bonds is 2. The predicted octanol–water partition coefficient (Wildman–Crippen LogP) is 2.28. The number of halogens is 3. The fourth-order valence-electron chi connectivity index (χ4n) is 1.61. The second kappa shape index (κ2) is 3.28. The maximum atomic E-state index is 12.7. The Morgan fingerprint density at radius 3 is 2.57 bits per heavy atom. The van der Waals surface area contributed by atoms with E-state index in [0.29, 0.717) is 6.54 Å². The van der Waals surface area contributed by atoms with Crippen LogP contribution in [0.1, 0.15) is 5.56 Å². The van der Waals surface area contributed by atoms with Crippen molar-refractivity contribution < 1.29 is 13.2 Å². The largest absolute Gasteiger partial charge is 0.287 e. The number of hydrogen-bond acceptors (Lipinski definition) is 1. The molecule has 1 fully saturated rings. The van der Waals surface area contributed by atoms with Crippen LogP contribution in [0.5, 0.6) is 0 Å². The first-order valence-corrected chi connectivity index (χ1v) is 4.40. The van der Waals surface area contributed by atoms with Crippen LogP contribution in [0.4, 0.5) is 13.2 Å². The number of likely N-dealkylation sites (tertiary alicyclic amines) is 1. The molecule has 0 atom stereocenters. The van der Waals surface area contributed by atoms with Gasteiger partial charge in [0.1, 0.15) is 5.82 Å². The van der Waals surface area contributed by atoms with Crippen LogP contribution in [0.3, 0.4) is 0 Å². The standard InChI is InChI=1S/C10H10F3N/c11-9-3-1-2-8(4-9)5-14-6-10(12,13)7-14/h1-4H,5-7H2. The van der Waals surface area contributed by atoms with E-state index in [1.807, 2.05) is 0 Å². The van der Waals surface area contributed by atoms with Crippen molar-refractivity contribution in [2.45, 2.75) is 12.5 Å². The van der Waals surface area contributed by atoms with Gasteiger partial charge >= 0.3 is 0 Å². The lowest BCUT2D eigenvalue weighted by atomic mass is 10.1. The molecule has 0 aromatic heterocycles. The SMILES string of the molecule is Fc1cccc(CN2CC(F)(F)C2)c1. The smallest absolute Gasteiger partial charge is 0.272 e. The molecule has 1 nitrogen and oxygen atoms in total. The number of alkyl halides is 2. The van der Waals surface area contributed by atoms with Gasteiger partial charge in [0.05, 0.1) is 13.1 Å². The van der Waals surface area contributed by atoms with Gasteiger partial charge in [0.2, 0.25) is 0 Å². The minimum absolute atomic E-state index is 0.219. The van der Waals surface area contributed by atoms with E-state index in [2.05, 4.69) is 0 Å². The number of hydrogen-bond donors (Lipinski definition) is 0. The highest BCUT2D eigenvalue weighted by molar-refractivity contribution is 5.16. The molecule has 0 aliphatic carbocycles. The molecule has 0 unspecified atom stereocenters. The van der Waals surface area contributed by atoms with Gasteiger partial charge in [0, 0.05) is 6.54 Å². The molecule has 1 heterocycles. The van der Waals surface area contributed by atoms with Crippen LogP contribution in [0.25, 0.3) is 0 Å². The molecule has 2 rings (SSSR count). The molecule has 0 bridgehead atoms. The molecule has 1 aliphatic rings. The molecule has 1 aromatic rings. The Morgan fingerprint density at radius 2 is 2.00 bits per heavy atom. The minimum Gasteiger partial charge on any atom is -0.287 e. The van der Waals surface area contributed by atoms with E-state index in [9.17, 15) is 13.2 Å². The van der Waals surface area contributed by atoms with Gasteiger partial charge in [0.25, 0.3) is 5.92 Å². The van der Waals surface area contributed by atoms with E-state index in [1.165, 1.54) is 12.1 Å². The van der Waals surface area contributed by atoms with E-state index < -0.39 is 5.92 Å². The van der Waals surface area contributed by atoms with Crippen LogP contribution in [-0.2, 0) is 6.54 Å². The Bertz CT molecular complexity index is 330. The van der Waals surface area contributed by atoms with Gasteiger partial charge in [0.15, 0.2) is 0 Å². The van der Waals surface area contributed by atoms with Crippen LogP contribution in [-0.4, -0.2) is 23.9 Å². The summed E-state index contributed by atoms with van der Waals surface area (Å²) in [6.07, 6.45) is 0. The van der Waals surface area contributed by atoms with E-state index in [1.54, 1.807) is 17.0 Å². The summed E-state index contributed by atoms with van der Waals surface area (Å²) in [5, 5.41) is 0. The summed E-state index contributed by atoms with van der Waals surface area (Å²) in [4.78, 5) is 1.59. The first-order valence-electron chi connectivity index (χ1n) is 4.40. The third-order valence-electron chi connectivity index (χ3n) is 2.21. The molecule has 0 saturated carbocycles. The van der Waals surface area contributed by atoms with Crippen molar-refractivity contribution in [3.05, 3.63) is 35.6 Å². The molecule has 4 heteroatoms. The molecule has 14 heavy (non-hydrogen) atoms. The first kappa shape index (κ1) is 9.52. The molecule has 76 valence electrons. The summed E-state index contributed by atoms with van der Waals surface area (Å²) in [6.45, 7) is -0.0413. The van der Waals surface area contributed by atoms with Crippen LogP contribution < -0.4 is 0 Å². The molecule has 1 aromatic carbocycles. The van der Waals surface area contributed by atoms with E-state index in [0.717, 1.165) is 5.56 Å². The predicted molar refractivity (Wildman–Crippen MR) is 46.6 cm³/mol. The average molecular weight is 201 g/mol. The monoisotopic (exact) mass is 201 g/mol. The summed E-state index contributed by atoms with van der Waals surface area (Å²) < 4.78 is 37.6.